The Labute approximate surface area is 118 Å². The van der Waals surface area contributed by atoms with Crippen molar-refractivity contribution in [3.63, 3.8) is 0 Å². The van der Waals surface area contributed by atoms with Crippen LogP contribution in [0.25, 0.3) is 0 Å². The number of halogens is 3. The van der Waals surface area contributed by atoms with Crippen LogP contribution in [0.15, 0.2) is 12.1 Å². The quantitative estimate of drug-likeness (QED) is 0.798. The molecule has 0 radical (unpaired) electrons. The van der Waals surface area contributed by atoms with Gasteiger partial charge in [0, 0.05) is 11.1 Å². The summed E-state index contributed by atoms with van der Waals surface area (Å²) >= 11 is 11.9. The number of benzene rings is 1. The van der Waals surface area contributed by atoms with Gasteiger partial charge in [0.15, 0.2) is 0 Å². The number of rotatable bonds is 4. The summed E-state index contributed by atoms with van der Waals surface area (Å²) in [6.07, 6.45) is 2.09. The Hall–Kier alpha value is -0.310. The van der Waals surface area contributed by atoms with Crippen LogP contribution in [0.5, 0.6) is 0 Å². The first-order valence-corrected chi connectivity index (χ1v) is 7.21. The molecule has 1 aromatic rings. The topological polar surface area (TPSA) is 12.0 Å². The second kappa shape index (κ2) is 5.77. The molecule has 1 aliphatic carbocycles. The Balaban J connectivity index is 2.20. The zero-order valence-electron chi connectivity index (χ0n) is 10.6. The minimum absolute atomic E-state index is 0.0966. The fraction of sp³-hybridized carbons (Fsp3) is 0.571. The van der Waals surface area contributed by atoms with Gasteiger partial charge >= 0.3 is 0 Å². The molecule has 18 heavy (non-hydrogen) atoms. The Bertz CT molecular complexity index is 436. The van der Waals surface area contributed by atoms with E-state index in [-0.39, 0.29) is 10.8 Å². The fourth-order valence-corrected chi connectivity index (χ4v) is 3.48. The highest BCUT2D eigenvalue weighted by Gasteiger charge is 2.40. The van der Waals surface area contributed by atoms with Crippen molar-refractivity contribution in [1.29, 1.82) is 0 Å². The van der Waals surface area contributed by atoms with Crippen molar-refractivity contribution in [3.05, 3.63) is 33.6 Å². The summed E-state index contributed by atoms with van der Waals surface area (Å²) in [5, 5.41) is 4.15. The van der Waals surface area contributed by atoms with Crippen molar-refractivity contribution in [2.24, 2.45) is 5.92 Å². The van der Waals surface area contributed by atoms with Crippen molar-refractivity contribution in [1.82, 2.24) is 5.32 Å². The first-order chi connectivity index (χ1) is 8.58. The van der Waals surface area contributed by atoms with Gasteiger partial charge in [-0.3, -0.25) is 0 Å². The average molecular weight is 290 g/mol. The lowest BCUT2D eigenvalue weighted by atomic mass is 9.65. The van der Waals surface area contributed by atoms with Crippen LogP contribution >= 0.6 is 23.2 Å². The molecule has 0 saturated heterocycles. The van der Waals surface area contributed by atoms with Crippen LogP contribution in [0.3, 0.4) is 0 Å². The molecule has 3 unspecified atom stereocenters. The molecule has 0 spiro atoms. The van der Waals surface area contributed by atoms with E-state index in [1.165, 1.54) is 12.1 Å². The fourth-order valence-electron chi connectivity index (χ4n) is 2.95. The Morgan fingerprint density at radius 2 is 2.00 bits per heavy atom. The highest BCUT2D eigenvalue weighted by atomic mass is 35.5. The normalized spacial score (nSPS) is 27.1. The van der Waals surface area contributed by atoms with E-state index in [9.17, 15) is 4.39 Å². The molecule has 1 aliphatic rings. The minimum Gasteiger partial charge on any atom is -0.314 e. The second-order valence-corrected chi connectivity index (χ2v) is 5.68. The van der Waals surface area contributed by atoms with Crippen LogP contribution in [0, 0.1) is 11.7 Å². The molecule has 1 aromatic carbocycles. The van der Waals surface area contributed by atoms with Crippen LogP contribution in [0.2, 0.25) is 10.0 Å². The molecule has 2 rings (SSSR count). The second-order valence-electron chi connectivity index (χ2n) is 4.87. The lowest BCUT2D eigenvalue weighted by Crippen LogP contribution is -2.48. The van der Waals surface area contributed by atoms with Gasteiger partial charge < -0.3 is 5.32 Å². The maximum atomic E-state index is 13.5. The van der Waals surface area contributed by atoms with E-state index in [4.69, 9.17) is 23.2 Å². The molecule has 0 heterocycles. The number of hydrogen-bond donors (Lipinski definition) is 1. The van der Waals surface area contributed by atoms with Crippen molar-refractivity contribution >= 4 is 23.2 Å². The van der Waals surface area contributed by atoms with Crippen LogP contribution in [0.4, 0.5) is 4.39 Å². The summed E-state index contributed by atoms with van der Waals surface area (Å²) in [5.74, 6) is 0.499. The average Bonchev–Trinajstić information content (AvgIpc) is 2.30. The van der Waals surface area contributed by atoms with Crippen molar-refractivity contribution in [3.8, 4) is 0 Å². The summed E-state index contributed by atoms with van der Waals surface area (Å²) in [7, 11) is 0. The first kappa shape index (κ1) is 14.1. The molecule has 1 fully saturated rings. The molecule has 0 bridgehead atoms. The summed E-state index contributed by atoms with van der Waals surface area (Å²) in [6, 6.07) is 3.54. The van der Waals surface area contributed by atoms with Gasteiger partial charge in [-0.15, -0.1) is 0 Å². The Morgan fingerprint density at radius 1 is 1.28 bits per heavy atom. The summed E-state index contributed by atoms with van der Waals surface area (Å²) in [5.41, 5.74) is 0.902. The van der Waals surface area contributed by atoms with E-state index in [1.807, 2.05) is 0 Å². The molecule has 0 aliphatic heterocycles. The van der Waals surface area contributed by atoms with E-state index in [2.05, 4.69) is 19.2 Å². The van der Waals surface area contributed by atoms with Gasteiger partial charge in [-0.25, -0.2) is 4.39 Å². The predicted molar refractivity (Wildman–Crippen MR) is 75.0 cm³/mol. The first-order valence-electron chi connectivity index (χ1n) is 6.46. The summed E-state index contributed by atoms with van der Waals surface area (Å²) in [4.78, 5) is 0. The molecule has 3 atom stereocenters. The highest BCUT2D eigenvalue weighted by molar-refractivity contribution is 6.35. The predicted octanol–water partition coefficient (Wildman–Crippen LogP) is 4.62. The molecule has 0 aromatic heterocycles. The van der Waals surface area contributed by atoms with Gasteiger partial charge in [0.1, 0.15) is 5.82 Å². The number of nitrogens with one attached hydrogen (secondary N) is 1. The SMILES string of the molecule is CCNC1CC(c2cc(F)c(Cl)cc2Cl)C1CC. The van der Waals surface area contributed by atoms with E-state index >= 15 is 0 Å². The van der Waals surface area contributed by atoms with Crippen LogP contribution in [-0.2, 0) is 0 Å². The summed E-state index contributed by atoms with van der Waals surface area (Å²) in [6.45, 7) is 5.24. The van der Waals surface area contributed by atoms with Crippen LogP contribution in [-0.4, -0.2) is 12.6 Å². The monoisotopic (exact) mass is 289 g/mol. The van der Waals surface area contributed by atoms with Gasteiger partial charge in [-0.2, -0.15) is 0 Å². The standard InChI is InChI=1S/C14H18Cl2FN/c1-3-8-9(6-14(8)18-4-2)10-5-13(17)12(16)7-11(10)15/h5,7-9,14,18H,3-4,6H2,1-2H3. The van der Waals surface area contributed by atoms with Crippen molar-refractivity contribution in [2.45, 2.75) is 38.6 Å². The third kappa shape index (κ3) is 2.52. The molecular weight excluding hydrogens is 272 g/mol. The zero-order valence-corrected chi connectivity index (χ0v) is 12.2. The Morgan fingerprint density at radius 3 is 2.61 bits per heavy atom. The number of hydrogen-bond acceptors (Lipinski definition) is 1. The molecule has 1 N–H and O–H groups in total. The molecule has 4 heteroatoms. The molecule has 1 saturated carbocycles. The zero-order chi connectivity index (χ0) is 13.3. The molecular formula is C14H18Cl2FN. The van der Waals surface area contributed by atoms with Gasteiger partial charge in [0.25, 0.3) is 0 Å². The molecule has 100 valence electrons. The van der Waals surface area contributed by atoms with Gasteiger partial charge in [0.05, 0.1) is 5.02 Å². The van der Waals surface area contributed by atoms with Gasteiger partial charge in [-0.1, -0.05) is 43.5 Å². The molecule has 0 amide bonds. The van der Waals surface area contributed by atoms with Crippen LogP contribution < -0.4 is 5.32 Å². The van der Waals surface area contributed by atoms with Crippen LogP contribution in [0.1, 0.15) is 38.2 Å². The van der Waals surface area contributed by atoms with Crippen molar-refractivity contribution in [2.75, 3.05) is 6.54 Å². The smallest absolute Gasteiger partial charge is 0.142 e. The lowest BCUT2D eigenvalue weighted by molar-refractivity contribution is 0.162. The lowest BCUT2D eigenvalue weighted by Gasteiger charge is -2.45. The third-order valence-electron chi connectivity index (χ3n) is 3.92. The van der Waals surface area contributed by atoms with Gasteiger partial charge in [-0.05, 0) is 42.5 Å². The van der Waals surface area contributed by atoms with Crippen molar-refractivity contribution < 1.29 is 4.39 Å². The molecule has 1 nitrogen and oxygen atoms in total. The highest BCUT2D eigenvalue weighted by Crippen LogP contribution is 2.47. The minimum atomic E-state index is -0.377. The van der Waals surface area contributed by atoms with E-state index in [0.29, 0.717) is 22.9 Å². The maximum Gasteiger partial charge on any atom is 0.142 e. The Kier molecular flexibility index (Phi) is 4.52. The van der Waals surface area contributed by atoms with E-state index < -0.39 is 0 Å². The third-order valence-corrected chi connectivity index (χ3v) is 4.54. The van der Waals surface area contributed by atoms with E-state index in [1.54, 1.807) is 0 Å². The summed E-state index contributed by atoms with van der Waals surface area (Å²) < 4.78 is 13.5. The van der Waals surface area contributed by atoms with E-state index in [0.717, 1.165) is 24.9 Å². The largest absolute Gasteiger partial charge is 0.314 e. The van der Waals surface area contributed by atoms with Gasteiger partial charge in [0.2, 0.25) is 0 Å². The maximum absolute atomic E-state index is 13.5.